The Kier molecular flexibility index (Phi) is 5.76. The molecule has 2 fully saturated rings. The van der Waals surface area contributed by atoms with Crippen LogP contribution in [0, 0.1) is 5.41 Å². The van der Waals surface area contributed by atoms with Gasteiger partial charge in [-0.2, -0.15) is 13.2 Å². The third kappa shape index (κ3) is 4.12. The van der Waals surface area contributed by atoms with Gasteiger partial charge in [0.05, 0.1) is 43.5 Å². The number of anilines is 1. The number of carbonyl (C=O) groups is 1. The molecule has 10 heteroatoms. The lowest BCUT2D eigenvalue weighted by atomic mass is 9.68. The number of hydrogen-bond donors (Lipinski definition) is 2. The number of aromatic nitrogens is 1. The number of nitrogens with one attached hydrogen (secondary N) is 1. The van der Waals surface area contributed by atoms with E-state index in [9.17, 15) is 23.1 Å². The van der Waals surface area contributed by atoms with Gasteiger partial charge in [0.25, 0.3) is 0 Å². The summed E-state index contributed by atoms with van der Waals surface area (Å²) in [6.07, 6.45) is -4.04. The number of rotatable bonds is 6. The van der Waals surface area contributed by atoms with E-state index in [2.05, 4.69) is 10.3 Å². The quantitative estimate of drug-likeness (QED) is 0.700. The SMILES string of the molecule is COc1cc(NC(=O)[C@@]2(Cc3ccnc(OC)c3)C[C@H]3O[C@@H]2C[C@@H]3O)cc(C(F)(F)F)c1. The summed E-state index contributed by atoms with van der Waals surface area (Å²) < 4.78 is 55.8. The molecule has 172 valence electrons. The summed E-state index contributed by atoms with van der Waals surface area (Å²) in [6, 6.07) is 6.51. The lowest BCUT2D eigenvalue weighted by molar-refractivity contribution is -0.137. The van der Waals surface area contributed by atoms with Crippen LogP contribution in [0.5, 0.6) is 11.6 Å². The van der Waals surface area contributed by atoms with Crippen LogP contribution in [-0.2, 0) is 22.1 Å². The number of nitrogens with zero attached hydrogens (tertiary/aromatic N) is 1. The second-order valence-corrected chi connectivity index (χ2v) is 8.11. The molecule has 2 bridgehead atoms. The van der Waals surface area contributed by atoms with Crippen molar-refractivity contribution in [1.82, 2.24) is 4.98 Å². The van der Waals surface area contributed by atoms with Gasteiger partial charge >= 0.3 is 6.18 Å². The normalized spacial score (nSPS) is 26.8. The van der Waals surface area contributed by atoms with Gasteiger partial charge in [0.2, 0.25) is 11.8 Å². The zero-order valence-corrected chi connectivity index (χ0v) is 17.5. The number of halogens is 3. The molecule has 1 aromatic carbocycles. The molecule has 32 heavy (non-hydrogen) atoms. The second-order valence-electron chi connectivity index (χ2n) is 8.11. The maximum absolute atomic E-state index is 13.5. The number of alkyl halides is 3. The van der Waals surface area contributed by atoms with E-state index in [1.54, 1.807) is 18.3 Å². The molecule has 4 atom stereocenters. The Bertz CT molecular complexity index is 1010. The van der Waals surface area contributed by atoms with Crippen molar-refractivity contribution in [2.75, 3.05) is 19.5 Å². The summed E-state index contributed by atoms with van der Waals surface area (Å²) in [6.45, 7) is 0. The predicted octanol–water partition coefficient (Wildman–Crippen LogP) is 3.21. The van der Waals surface area contributed by atoms with Crippen molar-refractivity contribution in [2.24, 2.45) is 5.41 Å². The smallest absolute Gasteiger partial charge is 0.416 e. The van der Waals surface area contributed by atoms with E-state index in [0.717, 1.165) is 17.7 Å². The van der Waals surface area contributed by atoms with Gasteiger partial charge in [-0.15, -0.1) is 0 Å². The van der Waals surface area contributed by atoms with Crippen LogP contribution >= 0.6 is 0 Å². The Balaban J connectivity index is 1.66. The lowest BCUT2D eigenvalue weighted by Gasteiger charge is -2.35. The van der Waals surface area contributed by atoms with Crippen LogP contribution in [0.1, 0.15) is 24.0 Å². The first kappa shape index (κ1) is 22.3. The molecule has 1 aromatic heterocycles. The molecule has 0 unspecified atom stereocenters. The second kappa shape index (κ2) is 8.25. The number of aliphatic hydroxyl groups excluding tert-OH is 1. The van der Waals surface area contributed by atoms with E-state index in [0.29, 0.717) is 5.88 Å². The van der Waals surface area contributed by atoms with Crippen molar-refractivity contribution in [3.63, 3.8) is 0 Å². The van der Waals surface area contributed by atoms with Crippen LogP contribution in [0.4, 0.5) is 18.9 Å². The Morgan fingerprint density at radius 1 is 1.28 bits per heavy atom. The van der Waals surface area contributed by atoms with Crippen molar-refractivity contribution in [3.05, 3.63) is 47.7 Å². The molecule has 0 aliphatic carbocycles. The molecule has 2 N–H and O–H groups in total. The molecule has 2 aliphatic rings. The maximum Gasteiger partial charge on any atom is 0.416 e. The summed E-state index contributed by atoms with van der Waals surface area (Å²) in [5.74, 6) is -0.124. The van der Waals surface area contributed by atoms with Crippen molar-refractivity contribution in [3.8, 4) is 11.6 Å². The van der Waals surface area contributed by atoms with Gasteiger partial charge in [-0.05, 0) is 36.6 Å². The lowest BCUT2D eigenvalue weighted by Crippen LogP contribution is -2.48. The molecule has 0 spiro atoms. The molecule has 0 saturated carbocycles. The molecule has 2 aromatic rings. The van der Waals surface area contributed by atoms with E-state index in [1.807, 2.05) is 0 Å². The number of methoxy groups -OCH3 is 2. The minimum Gasteiger partial charge on any atom is -0.497 e. The first-order valence-corrected chi connectivity index (χ1v) is 10.0. The predicted molar refractivity (Wildman–Crippen MR) is 107 cm³/mol. The summed E-state index contributed by atoms with van der Waals surface area (Å²) in [4.78, 5) is 17.6. The fourth-order valence-electron chi connectivity index (χ4n) is 4.51. The molecule has 3 heterocycles. The number of hydrogen-bond acceptors (Lipinski definition) is 6. The fourth-order valence-corrected chi connectivity index (χ4v) is 4.51. The summed E-state index contributed by atoms with van der Waals surface area (Å²) in [5, 5.41) is 12.8. The summed E-state index contributed by atoms with van der Waals surface area (Å²) >= 11 is 0. The highest BCUT2D eigenvalue weighted by Crippen LogP contribution is 2.50. The van der Waals surface area contributed by atoms with Gasteiger partial charge in [-0.25, -0.2) is 4.98 Å². The molecule has 7 nitrogen and oxygen atoms in total. The number of carbonyl (C=O) groups excluding carboxylic acids is 1. The first-order chi connectivity index (χ1) is 15.1. The minimum atomic E-state index is -4.60. The Labute approximate surface area is 182 Å². The Hall–Kier alpha value is -2.85. The van der Waals surface area contributed by atoms with Crippen molar-refractivity contribution in [2.45, 2.75) is 43.8 Å². The third-order valence-electron chi connectivity index (χ3n) is 6.11. The van der Waals surface area contributed by atoms with Gasteiger partial charge in [0.1, 0.15) is 5.75 Å². The van der Waals surface area contributed by atoms with Crippen molar-refractivity contribution >= 4 is 11.6 Å². The van der Waals surface area contributed by atoms with Gasteiger partial charge in [0.15, 0.2) is 0 Å². The molecule has 2 saturated heterocycles. The van der Waals surface area contributed by atoms with E-state index in [1.165, 1.54) is 20.3 Å². The van der Waals surface area contributed by atoms with Gasteiger partial charge in [0, 0.05) is 30.4 Å². The van der Waals surface area contributed by atoms with Gasteiger partial charge in [-0.3, -0.25) is 4.79 Å². The van der Waals surface area contributed by atoms with Crippen molar-refractivity contribution in [1.29, 1.82) is 0 Å². The standard InChI is InChI=1S/C22H23F3N2O5/c1-30-15-7-13(22(23,24)25)6-14(8-15)27-20(29)21(11-17-16(28)9-18(21)32-17)10-12-3-4-26-19(5-12)31-2/h3-8,16-18,28H,9-11H2,1-2H3,(H,27,29)/t16-,17+,18+,21-/m0/s1. The van der Waals surface area contributed by atoms with E-state index < -0.39 is 41.4 Å². The highest BCUT2D eigenvalue weighted by Gasteiger charge is 2.60. The Morgan fingerprint density at radius 2 is 2.06 bits per heavy atom. The van der Waals surface area contributed by atoms with Gasteiger partial charge < -0.3 is 24.6 Å². The number of pyridine rings is 1. The molecule has 4 rings (SSSR count). The topological polar surface area (TPSA) is 89.9 Å². The monoisotopic (exact) mass is 452 g/mol. The highest BCUT2D eigenvalue weighted by molar-refractivity contribution is 5.96. The summed E-state index contributed by atoms with van der Waals surface area (Å²) in [5.41, 5.74) is -1.27. The highest BCUT2D eigenvalue weighted by atomic mass is 19.4. The number of aliphatic hydroxyl groups is 1. The van der Waals surface area contributed by atoms with Crippen LogP contribution in [-0.4, -0.2) is 48.5 Å². The zero-order chi connectivity index (χ0) is 23.1. The number of amides is 1. The van der Waals surface area contributed by atoms with Gasteiger partial charge in [-0.1, -0.05) is 0 Å². The number of benzene rings is 1. The average molecular weight is 452 g/mol. The average Bonchev–Trinajstić information content (AvgIpc) is 3.30. The fraction of sp³-hybridized carbons (Fsp3) is 0.455. The van der Waals surface area contributed by atoms with Crippen LogP contribution in [0.15, 0.2) is 36.5 Å². The van der Waals surface area contributed by atoms with Crippen LogP contribution in [0.2, 0.25) is 0 Å². The molecule has 1 amide bonds. The molecular weight excluding hydrogens is 429 g/mol. The largest absolute Gasteiger partial charge is 0.497 e. The number of fused-ring (bicyclic) bond motifs is 2. The van der Waals surface area contributed by atoms with Crippen LogP contribution < -0.4 is 14.8 Å². The summed E-state index contributed by atoms with van der Waals surface area (Å²) in [7, 11) is 2.73. The number of ether oxygens (including phenoxy) is 3. The van der Waals surface area contributed by atoms with E-state index >= 15 is 0 Å². The zero-order valence-electron chi connectivity index (χ0n) is 17.5. The van der Waals surface area contributed by atoms with E-state index in [-0.39, 0.29) is 30.7 Å². The Morgan fingerprint density at radius 3 is 2.66 bits per heavy atom. The molecule has 2 aliphatic heterocycles. The van der Waals surface area contributed by atoms with Crippen LogP contribution in [0.25, 0.3) is 0 Å². The first-order valence-electron chi connectivity index (χ1n) is 10.0. The molecule has 0 radical (unpaired) electrons. The van der Waals surface area contributed by atoms with Crippen molar-refractivity contribution < 1.29 is 37.3 Å². The van der Waals surface area contributed by atoms with Crippen LogP contribution in [0.3, 0.4) is 0 Å². The molecular formula is C22H23F3N2O5. The maximum atomic E-state index is 13.5. The third-order valence-corrected chi connectivity index (χ3v) is 6.11. The van der Waals surface area contributed by atoms with E-state index in [4.69, 9.17) is 14.2 Å². The minimum absolute atomic E-state index is 0.0253.